The molecule has 0 spiro atoms. The van der Waals surface area contributed by atoms with Gasteiger partial charge in [0.15, 0.2) is 0 Å². The van der Waals surface area contributed by atoms with Crippen molar-refractivity contribution in [2.75, 3.05) is 7.11 Å². The summed E-state index contributed by atoms with van der Waals surface area (Å²) in [5.74, 6) is -0.905. The van der Waals surface area contributed by atoms with E-state index in [0.29, 0.717) is 5.56 Å². The van der Waals surface area contributed by atoms with Gasteiger partial charge in [-0.1, -0.05) is 59.8 Å². The van der Waals surface area contributed by atoms with E-state index in [1.165, 1.54) is 12.1 Å². The van der Waals surface area contributed by atoms with Gasteiger partial charge in [0.25, 0.3) is 0 Å². The molecular weight excluding hydrogens is 399 g/mol. The molecule has 0 fully saturated rings. The molecule has 0 N–H and O–H groups in total. The predicted octanol–water partition coefficient (Wildman–Crippen LogP) is 5.43. The highest BCUT2D eigenvalue weighted by molar-refractivity contribution is 6.17. The van der Waals surface area contributed by atoms with Crippen molar-refractivity contribution in [2.24, 2.45) is 5.16 Å². The number of nitrogens with zero attached hydrogens (tertiary/aromatic N) is 1. The highest BCUT2D eigenvalue weighted by Gasteiger charge is 2.29. The van der Waals surface area contributed by atoms with Crippen LogP contribution >= 0.6 is 0 Å². The lowest BCUT2D eigenvalue weighted by Gasteiger charge is -2.14. The van der Waals surface area contributed by atoms with Crippen LogP contribution in [0, 0.1) is 0 Å². The maximum atomic E-state index is 12.9. The van der Waals surface area contributed by atoms with E-state index < -0.39 is 17.7 Å². The molecule has 1 unspecified atom stereocenters. The zero-order chi connectivity index (χ0) is 22.1. The van der Waals surface area contributed by atoms with Gasteiger partial charge in [-0.2, -0.15) is 13.2 Å². The minimum absolute atomic E-state index is 0.0630. The second-order valence-corrected chi connectivity index (χ2v) is 6.31. The van der Waals surface area contributed by atoms with Gasteiger partial charge >= 0.3 is 12.1 Å². The van der Waals surface area contributed by atoms with Crippen molar-refractivity contribution in [1.82, 2.24) is 0 Å². The number of halogens is 3. The molecule has 0 radical (unpaired) electrons. The largest absolute Gasteiger partial charge is 0.474 e. The summed E-state index contributed by atoms with van der Waals surface area (Å²) in [5.41, 5.74) is 0.754. The van der Waals surface area contributed by atoms with Crippen LogP contribution in [0.15, 0.2) is 65.8 Å². The molecule has 0 aliphatic heterocycles. The molecule has 8 heteroatoms. The summed E-state index contributed by atoms with van der Waals surface area (Å²) in [6.07, 6.45) is -5.07. The molecule has 0 amide bonds. The maximum Gasteiger partial charge on any atom is 0.410 e. The van der Waals surface area contributed by atoms with E-state index in [2.05, 4.69) is 9.89 Å². The minimum atomic E-state index is -4.68. The third kappa shape index (κ3) is 6.95. The number of esters is 1. The standard InChI is InChI=1S/C22H22F3NO4/c1-15(17-9-5-4-6-10-17)30-26-16(2)29-14-18-11-7-8-12-19(18)20(21(27)28-3)13-22(23,24)25/h4-13,15H,14H2,1-3H3/b20-13+,26-16+. The summed E-state index contributed by atoms with van der Waals surface area (Å²) >= 11 is 0. The number of benzene rings is 2. The Balaban J connectivity index is 2.14. The monoisotopic (exact) mass is 421 g/mol. The van der Waals surface area contributed by atoms with Crippen molar-refractivity contribution < 1.29 is 32.3 Å². The summed E-state index contributed by atoms with van der Waals surface area (Å²) < 4.78 is 48.7. The first-order chi connectivity index (χ1) is 14.2. The summed E-state index contributed by atoms with van der Waals surface area (Å²) in [4.78, 5) is 17.3. The molecule has 0 aromatic heterocycles. The Morgan fingerprint density at radius 1 is 1.10 bits per heavy atom. The molecule has 0 aliphatic rings. The highest BCUT2D eigenvalue weighted by atomic mass is 19.4. The number of methoxy groups -OCH3 is 1. The van der Waals surface area contributed by atoms with Crippen molar-refractivity contribution in [2.45, 2.75) is 32.7 Å². The minimum Gasteiger partial charge on any atom is -0.474 e. The number of hydrogen-bond donors (Lipinski definition) is 0. The van der Waals surface area contributed by atoms with Gasteiger partial charge in [0.05, 0.1) is 12.7 Å². The van der Waals surface area contributed by atoms with E-state index in [9.17, 15) is 18.0 Å². The lowest BCUT2D eigenvalue weighted by Crippen LogP contribution is -2.12. The van der Waals surface area contributed by atoms with E-state index in [4.69, 9.17) is 9.57 Å². The first-order valence-corrected chi connectivity index (χ1v) is 9.05. The second kappa shape index (κ2) is 10.5. The molecule has 0 saturated carbocycles. The van der Waals surface area contributed by atoms with E-state index in [1.54, 1.807) is 19.1 Å². The molecule has 0 heterocycles. The summed E-state index contributed by atoms with van der Waals surface area (Å²) in [7, 11) is 1.02. The second-order valence-electron chi connectivity index (χ2n) is 6.31. The van der Waals surface area contributed by atoms with Crippen LogP contribution in [0.1, 0.15) is 36.6 Å². The zero-order valence-electron chi connectivity index (χ0n) is 16.8. The van der Waals surface area contributed by atoms with Gasteiger partial charge in [-0.25, -0.2) is 4.79 Å². The van der Waals surface area contributed by atoms with Crippen LogP contribution in [-0.2, 0) is 25.7 Å². The van der Waals surface area contributed by atoms with Crippen LogP contribution in [0.25, 0.3) is 5.57 Å². The molecule has 30 heavy (non-hydrogen) atoms. The molecule has 160 valence electrons. The summed E-state index contributed by atoms with van der Waals surface area (Å²) in [5, 5.41) is 3.91. The Bertz CT molecular complexity index is 908. The average molecular weight is 421 g/mol. The number of carbonyl (C=O) groups is 1. The van der Waals surface area contributed by atoms with Gasteiger partial charge in [0, 0.05) is 13.0 Å². The topological polar surface area (TPSA) is 57.1 Å². The number of rotatable bonds is 7. The Morgan fingerprint density at radius 3 is 2.37 bits per heavy atom. The predicted molar refractivity (Wildman–Crippen MR) is 106 cm³/mol. The first kappa shape index (κ1) is 23.0. The van der Waals surface area contributed by atoms with Gasteiger partial charge in [-0.3, -0.25) is 0 Å². The molecule has 2 rings (SSSR count). The van der Waals surface area contributed by atoms with Crippen molar-refractivity contribution in [1.29, 1.82) is 0 Å². The fourth-order valence-electron chi connectivity index (χ4n) is 2.58. The highest BCUT2D eigenvalue weighted by Crippen LogP contribution is 2.27. The normalized spacial score (nSPS) is 13.5. The van der Waals surface area contributed by atoms with E-state index >= 15 is 0 Å². The van der Waals surface area contributed by atoms with Crippen LogP contribution in [0.5, 0.6) is 0 Å². The van der Waals surface area contributed by atoms with Crippen LogP contribution in [0.4, 0.5) is 13.2 Å². The number of alkyl halides is 3. The molecule has 0 saturated heterocycles. The van der Waals surface area contributed by atoms with Crippen molar-refractivity contribution in [3.8, 4) is 0 Å². The fourth-order valence-corrected chi connectivity index (χ4v) is 2.58. The Labute approximate surface area is 172 Å². The number of hydrogen-bond acceptors (Lipinski definition) is 5. The number of oxime groups is 1. The van der Waals surface area contributed by atoms with Crippen LogP contribution in [0.2, 0.25) is 0 Å². The van der Waals surface area contributed by atoms with Crippen molar-refractivity contribution >= 4 is 17.4 Å². The van der Waals surface area contributed by atoms with E-state index in [0.717, 1.165) is 12.7 Å². The summed E-state index contributed by atoms with van der Waals surface area (Å²) in [6.45, 7) is 3.28. The van der Waals surface area contributed by atoms with Gasteiger partial charge in [0.2, 0.25) is 5.90 Å². The molecule has 0 aliphatic carbocycles. The van der Waals surface area contributed by atoms with E-state index in [1.807, 2.05) is 37.3 Å². The van der Waals surface area contributed by atoms with Gasteiger partial charge in [-0.15, -0.1) is 0 Å². The average Bonchev–Trinajstić information content (AvgIpc) is 2.74. The number of allylic oxidation sites excluding steroid dienone is 1. The molecule has 5 nitrogen and oxygen atoms in total. The fraction of sp³-hybridized carbons (Fsp3) is 0.273. The third-order valence-electron chi connectivity index (χ3n) is 4.07. The Hall–Kier alpha value is -3.29. The third-order valence-corrected chi connectivity index (χ3v) is 4.07. The van der Waals surface area contributed by atoms with Gasteiger partial charge in [-0.05, 0) is 23.6 Å². The Kier molecular flexibility index (Phi) is 8.03. The van der Waals surface area contributed by atoms with Crippen molar-refractivity contribution in [3.63, 3.8) is 0 Å². The number of ether oxygens (including phenoxy) is 2. The Morgan fingerprint density at radius 2 is 1.73 bits per heavy atom. The maximum absolute atomic E-state index is 12.9. The first-order valence-electron chi connectivity index (χ1n) is 9.05. The van der Waals surface area contributed by atoms with Crippen molar-refractivity contribution in [3.05, 3.63) is 77.4 Å². The smallest absolute Gasteiger partial charge is 0.410 e. The lowest BCUT2D eigenvalue weighted by molar-refractivity contribution is -0.134. The van der Waals surface area contributed by atoms with E-state index in [-0.39, 0.29) is 30.2 Å². The summed E-state index contributed by atoms with van der Waals surface area (Å²) in [6, 6.07) is 15.6. The van der Waals surface area contributed by atoms with Gasteiger partial charge < -0.3 is 14.3 Å². The molecule has 0 bridgehead atoms. The van der Waals surface area contributed by atoms with Gasteiger partial charge in [0.1, 0.15) is 12.7 Å². The molecule has 2 aromatic rings. The quantitative estimate of drug-likeness (QED) is 0.197. The van der Waals surface area contributed by atoms with Crippen LogP contribution in [0.3, 0.4) is 0 Å². The zero-order valence-corrected chi connectivity index (χ0v) is 16.8. The van der Waals surface area contributed by atoms with Crippen LogP contribution < -0.4 is 0 Å². The number of carbonyl (C=O) groups excluding carboxylic acids is 1. The SMILES string of the molecule is COC(=O)/C(=C/C(F)(F)F)c1ccccc1CO/C(C)=N/OC(C)c1ccccc1. The molecular formula is C22H22F3NO4. The molecule has 2 aromatic carbocycles. The van der Waals surface area contributed by atoms with Crippen LogP contribution in [-0.4, -0.2) is 25.2 Å². The molecule has 1 atom stereocenters. The lowest BCUT2D eigenvalue weighted by atomic mass is 9.99.